The van der Waals surface area contributed by atoms with Crippen molar-refractivity contribution in [2.45, 2.75) is 58.7 Å². The molecule has 34 heavy (non-hydrogen) atoms. The van der Waals surface area contributed by atoms with E-state index in [0.717, 1.165) is 28.7 Å². The summed E-state index contributed by atoms with van der Waals surface area (Å²) in [4.78, 5) is 28.9. The van der Waals surface area contributed by atoms with Gasteiger partial charge in [-0.1, -0.05) is 90.8 Å². The number of hydrogen-bond donors (Lipinski definition) is 1. The number of halogens is 1. The zero-order valence-corrected chi connectivity index (χ0v) is 20.9. The third kappa shape index (κ3) is 7.46. The van der Waals surface area contributed by atoms with E-state index in [-0.39, 0.29) is 24.3 Å². The van der Waals surface area contributed by atoms with Crippen LogP contribution >= 0.6 is 11.6 Å². The van der Waals surface area contributed by atoms with Crippen LogP contribution in [0.3, 0.4) is 0 Å². The highest BCUT2D eigenvalue weighted by atomic mass is 35.5. The molecule has 0 aromatic heterocycles. The summed E-state index contributed by atoms with van der Waals surface area (Å²) < 4.78 is 0. The van der Waals surface area contributed by atoms with Gasteiger partial charge in [-0.15, -0.1) is 0 Å². The number of benzene rings is 3. The standard InChI is InChI=1S/C29H33ClN2O2/c1-4-22(3)31-29(34)27(18-23-10-6-5-7-11-23)32(20-24-13-15-26(30)16-14-24)28(33)19-25-12-8-9-21(2)17-25/h5-17,22,27H,4,18-20H2,1-3H3,(H,31,34)/t22-,27-/m1/s1. The molecule has 0 unspecified atom stereocenters. The Morgan fingerprint density at radius 3 is 2.24 bits per heavy atom. The predicted octanol–water partition coefficient (Wildman–Crippen LogP) is 5.75. The molecule has 1 N–H and O–H groups in total. The second kappa shape index (κ2) is 12.4. The average Bonchev–Trinajstić information content (AvgIpc) is 2.83. The molecule has 2 amide bonds. The lowest BCUT2D eigenvalue weighted by Gasteiger charge is -2.32. The fraction of sp³-hybridized carbons (Fsp3) is 0.310. The van der Waals surface area contributed by atoms with Crippen LogP contribution in [0.2, 0.25) is 5.02 Å². The van der Waals surface area contributed by atoms with Gasteiger partial charge in [0.2, 0.25) is 11.8 Å². The van der Waals surface area contributed by atoms with Gasteiger partial charge in [0.1, 0.15) is 6.04 Å². The second-order valence-electron chi connectivity index (χ2n) is 8.84. The Bertz CT molecular complexity index is 1080. The van der Waals surface area contributed by atoms with Crippen LogP contribution in [0.15, 0.2) is 78.9 Å². The van der Waals surface area contributed by atoms with Gasteiger partial charge in [0.25, 0.3) is 0 Å². The summed E-state index contributed by atoms with van der Waals surface area (Å²) in [5.74, 6) is -0.217. The smallest absolute Gasteiger partial charge is 0.243 e. The topological polar surface area (TPSA) is 49.4 Å². The van der Waals surface area contributed by atoms with Gasteiger partial charge in [-0.3, -0.25) is 9.59 Å². The van der Waals surface area contributed by atoms with E-state index in [1.54, 1.807) is 4.90 Å². The number of nitrogens with one attached hydrogen (secondary N) is 1. The van der Waals surface area contributed by atoms with Crippen LogP contribution in [0.1, 0.15) is 42.5 Å². The predicted molar refractivity (Wildman–Crippen MR) is 139 cm³/mol. The molecule has 5 heteroatoms. The number of carbonyl (C=O) groups excluding carboxylic acids is 2. The van der Waals surface area contributed by atoms with E-state index in [1.165, 1.54) is 0 Å². The molecule has 0 aliphatic heterocycles. The Balaban J connectivity index is 1.96. The van der Waals surface area contributed by atoms with Crippen molar-refractivity contribution in [3.05, 3.63) is 106 Å². The van der Waals surface area contributed by atoms with E-state index in [4.69, 9.17) is 11.6 Å². The maximum atomic E-state index is 13.7. The van der Waals surface area contributed by atoms with Crippen LogP contribution in [0.5, 0.6) is 0 Å². The molecule has 4 nitrogen and oxygen atoms in total. The molecule has 2 atom stereocenters. The normalized spacial score (nSPS) is 12.6. The third-order valence-corrected chi connectivity index (χ3v) is 6.23. The zero-order valence-electron chi connectivity index (χ0n) is 20.1. The molecule has 0 bridgehead atoms. The third-order valence-electron chi connectivity index (χ3n) is 5.98. The van der Waals surface area contributed by atoms with E-state index in [9.17, 15) is 9.59 Å². The fourth-order valence-electron chi connectivity index (χ4n) is 3.88. The first-order valence-electron chi connectivity index (χ1n) is 11.8. The quantitative estimate of drug-likeness (QED) is 0.405. The molecule has 0 saturated heterocycles. The highest BCUT2D eigenvalue weighted by Gasteiger charge is 2.31. The van der Waals surface area contributed by atoms with Gasteiger partial charge in [0, 0.05) is 24.0 Å². The summed E-state index contributed by atoms with van der Waals surface area (Å²) in [6.07, 6.45) is 1.49. The Labute approximate surface area is 207 Å². The van der Waals surface area contributed by atoms with Crippen molar-refractivity contribution in [2.75, 3.05) is 0 Å². The van der Waals surface area contributed by atoms with E-state index < -0.39 is 6.04 Å². The van der Waals surface area contributed by atoms with Crippen LogP contribution in [-0.2, 0) is 29.0 Å². The molecule has 0 saturated carbocycles. The molecular weight excluding hydrogens is 444 g/mol. The van der Waals surface area contributed by atoms with Gasteiger partial charge < -0.3 is 10.2 Å². The van der Waals surface area contributed by atoms with Crippen molar-refractivity contribution in [2.24, 2.45) is 0 Å². The van der Waals surface area contributed by atoms with Crippen LogP contribution in [0.4, 0.5) is 0 Å². The SMILES string of the molecule is CC[C@@H](C)NC(=O)[C@@H](Cc1ccccc1)N(Cc1ccc(Cl)cc1)C(=O)Cc1cccc(C)c1. The average molecular weight is 477 g/mol. The second-order valence-corrected chi connectivity index (χ2v) is 9.27. The lowest BCUT2D eigenvalue weighted by molar-refractivity contribution is -0.141. The summed E-state index contributed by atoms with van der Waals surface area (Å²) in [6, 6.07) is 24.6. The number of amides is 2. The lowest BCUT2D eigenvalue weighted by atomic mass is 10.0. The van der Waals surface area contributed by atoms with Crippen molar-refractivity contribution < 1.29 is 9.59 Å². The summed E-state index contributed by atoms with van der Waals surface area (Å²) in [5.41, 5.74) is 3.98. The van der Waals surface area contributed by atoms with Crippen molar-refractivity contribution in [1.82, 2.24) is 10.2 Å². The minimum Gasteiger partial charge on any atom is -0.352 e. The number of rotatable bonds is 10. The molecule has 0 fully saturated rings. The number of hydrogen-bond acceptors (Lipinski definition) is 2. The first-order valence-corrected chi connectivity index (χ1v) is 12.2. The Morgan fingerprint density at radius 2 is 1.59 bits per heavy atom. The molecule has 178 valence electrons. The number of nitrogens with zero attached hydrogens (tertiary/aromatic N) is 1. The Kier molecular flexibility index (Phi) is 9.29. The van der Waals surface area contributed by atoms with Gasteiger partial charge in [0.15, 0.2) is 0 Å². The number of carbonyl (C=O) groups is 2. The van der Waals surface area contributed by atoms with E-state index in [2.05, 4.69) is 5.32 Å². The first-order chi connectivity index (χ1) is 16.4. The van der Waals surface area contributed by atoms with Crippen molar-refractivity contribution in [3.63, 3.8) is 0 Å². The molecule has 0 heterocycles. The maximum absolute atomic E-state index is 13.7. The largest absolute Gasteiger partial charge is 0.352 e. The highest BCUT2D eigenvalue weighted by molar-refractivity contribution is 6.30. The van der Waals surface area contributed by atoms with Gasteiger partial charge in [0.05, 0.1) is 6.42 Å². The minimum absolute atomic E-state index is 0.0232. The van der Waals surface area contributed by atoms with Gasteiger partial charge in [-0.05, 0) is 49.1 Å². The van der Waals surface area contributed by atoms with Crippen molar-refractivity contribution >= 4 is 23.4 Å². The molecule has 0 aliphatic carbocycles. The highest BCUT2D eigenvalue weighted by Crippen LogP contribution is 2.18. The fourth-order valence-corrected chi connectivity index (χ4v) is 4.01. The van der Waals surface area contributed by atoms with Gasteiger partial charge >= 0.3 is 0 Å². The minimum atomic E-state index is -0.635. The molecule has 3 aromatic rings. The first kappa shape index (κ1) is 25.5. The van der Waals surface area contributed by atoms with Crippen LogP contribution in [-0.4, -0.2) is 28.8 Å². The van der Waals surface area contributed by atoms with Crippen LogP contribution < -0.4 is 5.32 Å². The molecule has 0 radical (unpaired) electrons. The molecule has 0 spiro atoms. The molecular formula is C29H33ClN2O2. The van der Waals surface area contributed by atoms with Gasteiger partial charge in [-0.2, -0.15) is 0 Å². The summed E-state index contributed by atoms with van der Waals surface area (Å²) >= 11 is 6.08. The van der Waals surface area contributed by atoms with E-state index in [0.29, 0.717) is 18.0 Å². The summed E-state index contributed by atoms with van der Waals surface area (Å²) in [5, 5.41) is 3.74. The number of aryl methyl sites for hydroxylation is 1. The molecule has 3 aromatic carbocycles. The molecule has 3 rings (SSSR count). The summed E-state index contributed by atoms with van der Waals surface area (Å²) in [6.45, 7) is 6.35. The van der Waals surface area contributed by atoms with Gasteiger partial charge in [-0.25, -0.2) is 0 Å². The molecule has 0 aliphatic rings. The van der Waals surface area contributed by atoms with Crippen LogP contribution in [0, 0.1) is 6.92 Å². The van der Waals surface area contributed by atoms with E-state index in [1.807, 2.05) is 99.6 Å². The zero-order chi connectivity index (χ0) is 24.5. The monoisotopic (exact) mass is 476 g/mol. The maximum Gasteiger partial charge on any atom is 0.243 e. The lowest BCUT2D eigenvalue weighted by Crippen LogP contribution is -2.52. The van der Waals surface area contributed by atoms with E-state index >= 15 is 0 Å². The summed E-state index contributed by atoms with van der Waals surface area (Å²) in [7, 11) is 0. The van der Waals surface area contributed by atoms with Crippen LogP contribution in [0.25, 0.3) is 0 Å². The van der Waals surface area contributed by atoms with Crippen molar-refractivity contribution in [3.8, 4) is 0 Å². The van der Waals surface area contributed by atoms with Crippen molar-refractivity contribution in [1.29, 1.82) is 0 Å². The Morgan fingerprint density at radius 1 is 0.912 bits per heavy atom. The Hall–Kier alpha value is -3.11.